The van der Waals surface area contributed by atoms with Gasteiger partial charge in [-0.2, -0.15) is 0 Å². The van der Waals surface area contributed by atoms with Gasteiger partial charge in [-0.15, -0.1) is 0 Å². The molecule has 0 bridgehead atoms. The minimum absolute atomic E-state index is 0.0457. The first-order valence-electron chi connectivity index (χ1n) is 13.5. The average Bonchev–Trinajstić information content (AvgIpc) is 2.99. The zero-order valence-electron chi connectivity index (χ0n) is 23.1. The van der Waals surface area contributed by atoms with E-state index >= 15 is 0 Å². The van der Waals surface area contributed by atoms with Gasteiger partial charge in [0.05, 0.1) is 17.4 Å². The van der Waals surface area contributed by atoms with Crippen molar-refractivity contribution < 1.29 is 9.59 Å². The van der Waals surface area contributed by atoms with Gasteiger partial charge in [-0.25, -0.2) is 0 Å². The van der Waals surface area contributed by atoms with Gasteiger partial charge in [-0.1, -0.05) is 48.5 Å². The molecule has 4 rings (SSSR count). The van der Waals surface area contributed by atoms with Gasteiger partial charge in [-0.05, 0) is 60.4 Å². The Morgan fingerprint density at radius 1 is 0.927 bits per heavy atom. The predicted octanol–water partition coefficient (Wildman–Crippen LogP) is 2.73. The number of aromatic nitrogens is 2. The maximum Gasteiger partial charge on any atom is 0.248 e. The molecule has 2 atom stereocenters. The van der Waals surface area contributed by atoms with Crippen molar-refractivity contribution in [1.82, 2.24) is 20.6 Å². The molecule has 1 amide bonds. The molecule has 0 aliphatic carbocycles. The standard InChI is InChI=1S/C31H36N8O2/c1-21(26-12-6-9-22-8-2-3-11-27(22)26)39-29(41)31(34,15-7-17-37-30(32)33)28(40)23-13-14-25(38-18-23)20-35-19-24-10-4-5-16-36-24/h2-6,8-14,16,18,21,35H,7,15,17,19-20,34H2,1H3,(H,39,41)(H4,32,33,37)/t21-,31?/m0/s1. The first-order valence-corrected chi connectivity index (χ1v) is 13.5. The third-order valence-electron chi connectivity index (χ3n) is 6.90. The molecule has 212 valence electrons. The smallest absolute Gasteiger partial charge is 0.248 e. The van der Waals surface area contributed by atoms with Gasteiger partial charge in [0, 0.05) is 37.6 Å². The summed E-state index contributed by atoms with van der Waals surface area (Å²) in [6, 6.07) is 22.6. The van der Waals surface area contributed by atoms with E-state index in [1.807, 2.05) is 67.6 Å². The molecule has 0 aliphatic heterocycles. The van der Waals surface area contributed by atoms with Gasteiger partial charge < -0.3 is 27.8 Å². The first-order chi connectivity index (χ1) is 19.8. The van der Waals surface area contributed by atoms with Crippen molar-refractivity contribution in [3.63, 3.8) is 0 Å². The maximum absolute atomic E-state index is 13.7. The Bertz CT molecular complexity index is 1500. The molecular formula is C31H36N8O2. The molecule has 41 heavy (non-hydrogen) atoms. The van der Waals surface area contributed by atoms with Crippen molar-refractivity contribution in [3.05, 3.63) is 108 Å². The normalized spacial score (nSPS) is 13.2. The number of nitrogens with two attached hydrogens (primary N) is 3. The highest BCUT2D eigenvalue weighted by atomic mass is 16.2. The van der Waals surface area contributed by atoms with Crippen LogP contribution in [0.3, 0.4) is 0 Å². The second kappa shape index (κ2) is 13.6. The Kier molecular flexibility index (Phi) is 9.73. The van der Waals surface area contributed by atoms with Crippen molar-refractivity contribution >= 4 is 28.4 Å². The molecule has 2 aromatic carbocycles. The third-order valence-corrected chi connectivity index (χ3v) is 6.90. The zero-order valence-corrected chi connectivity index (χ0v) is 23.1. The second-order valence-electron chi connectivity index (χ2n) is 9.94. The summed E-state index contributed by atoms with van der Waals surface area (Å²) < 4.78 is 0. The number of carbonyl (C=O) groups excluding carboxylic acids is 2. The van der Waals surface area contributed by atoms with E-state index in [0.717, 1.165) is 27.7 Å². The number of carbonyl (C=O) groups is 2. The lowest BCUT2D eigenvalue weighted by Gasteiger charge is -2.29. The summed E-state index contributed by atoms with van der Waals surface area (Å²) in [5.41, 5.74) is 18.5. The Hall–Kier alpha value is -4.67. The van der Waals surface area contributed by atoms with Crippen molar-refractivity contribution in [2.45, 2.75) is 44.4 Å². The summed E-state index contributed by atoms with van der Waals surface area (Å²) >= 11 is 0. The summed E-state index contributed by atoms with van der Waals surface area (Å²) in [7, 11) is 0. The monoisotopic (exact) mass is 552 g/mol. The van der Waals surface area contributed by atoms with E-state index in [2.05, 4.69) is 25.6 Å². The molecule has 10 nitrogen and oxygen atoms in total. The topological polar surface area (TPSA) is 174 Å². The molecule has 2 heterocycles. The summed E-state index contributed by atoms with van der Waals surface area (Å²) in [6.07, 6.45) is 3.58. The number of nitrogens with one attached hydrogen (secondary N) is 2. The largest absolute Gasteiger partial charge is 0.370 e. The van der Waals surface area contributed by atoms with Crippen LogP contribution in [0.4, 0.5) is 0 Å². The number of ketones is 1. The van der Waals surface area contributed by atoms with E-state index in [9.17, 15) is 9.59 Å². The molecule has 1 unspecified atom stereocenters. The van der Waals surface area contributed by atoms with E-state index in [-0.39, 0.29) is 24.5 Å². The number of rotatable bonds is 13. The molecule has 0 saturated heterocycles. The minimum Gasteiger partial charge on any atom is -0.370 e. The number of pyridine rings is 2. The molecule has 0 fully saturated rings. The van der Waals surface area contributed by atoms with Crippen LogP contribution < -0.4 is 27.8 Å². The van der Waals surface area contributed by atoms with Crippen LogP contribution in [0.15, 0.2) is 90.2 Å². The van der Waals surface area contributed by atoms with Gasteiger partial charge in [0.1, 0.15) is 0 Å². The van der Waals surface area contributed by atoms with E-state index in [1.54, 1.807) is 18.3 Å². The number of nitrogens with zero attached hydrogens (tertiary/aromatic N) is 3. The number of benzene rings is 2. The molecule has 0 radical (unpaired) electrons. The lowest BCUT2D eigenvalue weighted by molar-refractivity contribution is -0.125. The fraction of sp³-hybridized carbons (Fsp3) is 0.258. The fourth-order valence-corrected chi connectivity index (χ4v) is 4.67. The Morgan fingerprint density at radius 3 is 2.37 bits per heavy atom. The van der Waals surface area contributed by atoms with E-state index in [4.69, 9.17) is 17.2 Å². The summed E-state index contributed by atoms with van der Waals surface area (Å²) in [4.78, 5) is 40.1. The molecule has 0 aliphatic rings. The number of hydrogen-bond acceptors (Lipinski definition) is 7. The quantitative estimate of drug-likeness (QED) is 0.0553. The number of fused-ring (bicyclic) bond motifs is 1. The number of hydrogen-bond donors (Lipinski definition) is 5. The maximum atomic E-state index is 13.7. The average molecular weight is 553 g/mol. The molecule has 10 heteroatoms. The van der Waals surface area contributed by atoms with Gasteiger partial charge in [0.2, 0.25) is 5.91 Å². The summed E-state index contributed by atoms with van der Waals surface area (Å²) in [6.45, 7) is 3.18. The van der Waals surface area contributed by atoms with Crippen molar-refractivity contribution in [2.24, 2.45) is 22.2 Å². The van der Waals surface area contributed by atoms with Crippen LogP contribution in [0.1, 0.15) is 53.1 Å². The van der Waals surface area contributed by atoms with Gasteiger partial charge >= 0.3 is 0 Å². The minimum atomic E-state index is -1.85. The Labute approximate surface area is 239 Å². The lowest BCUT2D eigenvalue weighted by Crippen LogP contribution is -2.60. The fourth-order valence-electron chi connectivity index (χ4n) is 4.67. The van der Waals surface area contributed by atoms with Crippen LogP contribution in [0.2, 0.25) is 0 Å². The Morgan fingerprint density at radius 2 is 1.66 bits per heavy atom. The van der Waals surface area contributed by atoms with Gasteiger partial charge in [0.25, 0.3) is 0 Å². The number of aliphatic imine (C=N–C) groups is 1. The highest BCUT2D eigenvalue weighted by Gasteiger charge is 2.42. The molecule has 8 N–H and O–H groups in total. The van der Waals surface area contributed by atoms with Crippen molar-refractivity contribution in [1.29, 1.82) is 0 Å². The van der Waals surface area contributed by atoms with Crippen LogP contribution in [0.5, 0.6) is 0 Å². The van der Waals surface area contributed by atoms with Crippen molar-refractivity contribution in [2.75, 3.05) is 6.54 Å². The third kappa shape index (κ3) is 7.50. The molecule has 0 saturated carbocycles. The van der Waals surface area contributed by atoms with Crippen LogP contribution in [-0.4, -0.2) is 39.7 Å². The number of guanidine groups is 1. The second-order valence-corrected chi connectivity index (χ2v) is 9.94. The highest BCUT2D eigenvalue weighted by molar-refractivity contribution is 6.17. The number of amides is 1. The van der Waals surface area contributed by atoms with Crippen LogP contribution in [0.25, 0.3) is 10.8 Å². The predicted molar refractivity (Wildman–Crippen MR) is 161 cm³/mol. The van der Waals surface area contributed by atoms with Crippen molar-refractivity contribution in [3.8, 4) is 0 Å². The Balaban J connectivity index is 1.49. The molecule has 2 aromatic heterocycles. The van der Waals surface area contributed by atoms with Crippen LogP contribution in [0, 0.1) is 0 Å². The zero-order chi connectivity index (χ0) is 29.2. The number of Topliss-reactive ketones (excluding diaryl/α,β-unsaturated/α-hetero) is 1. The van der Waals surface area contributed by atoms with E-state index in [1.165, 1.54) is 6.20 Å². The van der Waals surface area contributed by atoms with Crippen LogP contribution >= 0.6 is 0 Å². The first kappa shape index (κ1) is 29.3. The summed E-state index contributed by atoms with van der Waals surface area (Å²) in [5, 5.41) is 8.32. The van der Waals surface area contributed by atoms with Gasteiger partial charge in [-0.3, -0.25) is 24.5 Å². The molecular weight excluding hydrogens is 516 g/mol. The molecule has 4 aromatic rings. The molecule has 0 spiro atoms. The lowest BCUT2D eigenvalue weighted by atomic mass is 9.84. The van der Waals surface area contributed by atoms with Gasteiger partial charge in [0.15, 0.2) is 17.3 Å². The van der Waals surface area contributed by atoms with E-state index < -0.39 is 23.3 Å². The summed E-state index contributed by atoms with van der Waals surface area (Å²) in [5.74, 6) is -1.16. The van der Waals surface area contributed by atoms with Crippen LogP contribution in [-0.2, 0) is 17.9 Å². The van der Waals surface area contributed by atoms with E-state index in [0.29, 0.717) is 19.5 Å². The SMILES string of the molecule is C[C@H](NC(=O)C(N)(CCCN=C(N)N)C(=O)c1ccc(CNCc2ccccn2)nc1)c1cccc2ccccc12. The highest BCUT2D eigenvalue weighted by Crippen LogP contribution is 2.26.